The number of aryl methyl sites for hydroxylation is 2. The van der Waals surface area contributed by atoms with Crippen molar-refractivity contribution in [2.75, 3.05) is 20.6 Å². The molecule has 0 unspecified atom stereocenters. The van der Waals surface area contributed by atoms with Crippen molar-refractivity contribution in [1.82, 2.24) is 4.90 Å². The van der Waals surface area contributed by atoms with Crippen LogP contribution < -0.4 is 0 Å². The van der Waals surface area contributed by atoms with E-state index in [1.54, 1.807) is 0 Å². The van der Waals surface area contributed by atoms with Crippen LogP contribution in [0.2, 0.25) is 0 Å². The third-order valence-electron chi connectivity index (χ3n) is 6.50. The maximum absolute atomic E-state index is 10.5. The van der Waals surface area contributed by atoms with E-state index < -0.39 is 0 Å². The summed E-state index contributed by atoms with van der Waals surface area (Å²) in [4.78, 5) is 2.25. The van der Waals surface area contributed by atoms with Gasteiger partial charge in [0.25, 0.3) is 0 Å². The minimum Gasteiger partial charge on any atom is -0.392 e. The Kier molecular flexibility index (Phi) is 8.32. The van der Waals surface area contributed by atoms with Crippen LogP contribution in [0.3, 0.4) is 0 Å². The van der Waals surface area contributed by atoms with Gasteiger partial charge in [0.15, 0.2) is 0 Å². The molecule has 0 heterocycles. The van der Waals surface area contributed by atoms with Crippen LogP contribution in [0.1, 0.15) is 49.7 Å². The average Bonchev–Trinajstić information content (AvgIpc) is 3.18. The zero-order chi connectivity index (χ0) is 20.6. The van der Waals surface area contributed by atoms with Gasteiger partial charge in [-0.15, -0.1) is 0 Å². The van der Waals surface area contributed by atoms with Crippen molar-refractivity contribution in [3.05, 3.63) is 71.3 Å². The Balaban J connectivity index is 1.43. The molecule has 29 heavy (non-hydrogen) atoms. The van der Waals surface area contributed by atoms with Gasteiger partial charge < -0.3 is 10.0 Å². The largest absolute Gasteiger partial charge is 0.392 e. The molecule has 2 aliphatic rings. The lowest BCUT2D eigenvalue weighted by molar-refractivity contribution is 0.141. The number of aliphatic hydroxyl groups excluding tert-OH is 1. The molecule has 0 aliphatic heterocycles. The molecule has 2 nitrogen and oxygen atoms in total. The summed E-state index contributed by atoms with van der Waals surface area (Å²) in [5, 5.41) is 10.5. The van der Waals surface area contributed by atoms with Crippen molar-refractivity contribution < 1.29 is 5.11 Å². The summed E-state index contributed by atoms with van der Waals surface area (Å²) in [7, 11) is 4.28. The average molecular weight is 394 g/mol. The fraction of sp³-hybridized carbons (Fsp3) is 0.556. The highest BCUT2D eigenvalue weighted by molar-refractivity contribution is 5.29. The van der Waals surface area contributed by atoms with E-state index in [0.717, 1.165) is 25.7 Å². The van der Waals surface area contributed by atoms with E-state index in [9.17, 15) is 5.11 Å². The van der Waals surface area contributed by atoms with Crippen molar-refractivity contribution >= 4 is 0 Å². The quantitative estimate of drug-likeness (QED) is 0.406. The molecule has 158 valence electrons. The van der Waals surface area contributed by atoms with E-state index in [4.69, 9.17) is 0 Å². The van der Waals surface area contributed by atoms with Crippen molar-refractivity contribution in [3.8, 4) is 0 Å². The van der Waals surface area contributed by atoms with Crippen LogP contribution in [0.4, 0.5) is 0 Å². The SMILES string of the molecule is Cc1cccc(CC/C=C/[C@@H]2[C@H]3CC(/C=C\CCCCN(C)C)=C[C@H]3C[C@H]2O)c1. The van der Waals surface area contributed by atoms with E-state index in [2.05, 4.69) is 80.6 Å². The molecule has 3 rings (SSSR count). The second kappa shape index (κ2) is 10.9. The van der Waals surface area contributed by atoms with Crippen molar-refractivity contribution in [1.29, 1.82) is 0 Å². The molecule has 0 aromatic heterocycles. The summed E-state index contributed by atoms with van der Waals surface area (Å²) in [5.41, 5.74) is 4.22. The first-order valence-electron chi connectivity index (χ1n) is 11.4. The van der Waals surface area contributed by atoms with Crippen LogP contribution in [-0.4, -0.2) is 36.8 Å². The molecule has 2 heteroatoms. The Labute approximate surface area is 178 Å². The molecule has 4 atom stereocenters. The topological polar surface area (TPSA) is 23.5 Å². The molecule has 0 bridgehead atoms. The van der Waals surface area contributed by atoms with Gasteiger partial charge >= 0.3 is 0 Å². The van der Waals surface area contributed by atoms with E-state index in [1.807, 2.05) is 0 Å². The molecular formula is C27H39NO. The third kappa shape index (κ3) is 6.69. The number of benzene rings is 1. The number of allylic oxidation sites excluding steroid dienone is 5. The second-order valence-corrected chi connectivity index (χ2v) is 9.31. The highest BCUT2D eigenvalue weighted by atomic mass is 16.3. The number of aliphatic hydroxyl groups is 1. The van der Waals surface area contributed by atoms with Gasteiger partial charge in [-0.2, -0.15) is 0 Å². The summed E-state index contributed by atoms with van der Waals surface area (Å²) >= 11 is 0. The predicted molar refractivity (Wildman–Crippen MR) is 124 cm³/mol. The van der Waals surface area contributed by atoms with Gasteiger partial charge in [-0.3, -0.25) is 0 Å². The molecule has 2 aliphatic carbocycles. The van der Waals surface area contributed by atoms with Crippen LogP contribution in [0.5, 0.6) is 0 Å². The van der Waals surface area contributed by atoms with E-state index in [-0.39, 0.29) is 6.10 Å². The molecule has 0 amide bonds. The number of rotatable bonds is 10. The summed E-state index contributed by atoms with van der Waals surface area (Å²) in [6.45, 7) is 3.33. The zero-order valence-corrected chi connectivity index (χ0v) is 18.6. The fourth-order valence-corrected chi connectivity index (χ4v) is 4.97. The highest BCUT2D eigenvalue weighted by Crippen LogP contribution is 2.47. The van der Waals surface area contributed by atoms with Gasteiger partial charge in [-0.05, 0) is 89.9 Å². The first-order valence-corrected chi connectivity index (χ1v) is 11.4. The lowest BCUT2D eigenvalue weighted by Gasteiger charge is -2.17. The fourth-order valence-electron chi connectivity index (χ4n) is 4.97. The molecule has 1 saturated carbocycles. The van der Waals surface area contributed by atoms with Crippen LogP contribution in [0, 0.1) is 24.7 Å². The smallest absolute Gasteiger partial charge is 0.0611 e. The van der Waals surface area contributed by atoms with Gasteiger partial charge in [-0.25, -0.2) is 0 Å². The van der Waals surface area contributed by atoms with Gasteiger partial charge in [0.1, 0.15) is 0 Å². The zero-order valence-electron chi connectivity index (χ0n) is 18.6. The Morgan fingerprint density at radius 3 is 2.79 bits per heavy atom. The number of hydrogen-bond acceptors (Lipinski definition) is 2. The molecular weight excluding hydrogens is 354 g/mol. The molecule has 0 radical (unpaired) electrons. The Hall–Kier alpha value is -1.64. The minimum atomic E-state index is -0.173. The third-order valence-corrected chi connectivity index (χ3v) is 6.50. The molecule has 1 N–H and O–H groups in total. The van der Waals surface area contributed by atoms with Crippen LogP contribution >= 0.6 is 0 Å². The molecule has 1 fully saturated rings. The normalized spacial score (nSPS) is 26.7. The Morgan fingerprint density at radius 2 is 2.00 bits per heavy atom. The predicted octanol–water partition coefficient (Wildman–Crippen LogP) is 5.72. The number of fused-ring (bicyclic) bond motifs is 1. The molecule has 0 saturated heterocycles. The Bertz CT molecular complexity index is 730. The first-order chi connectivity index (χ1) is 14.0. The summed E-state index contributed by atoms with van der Waals surface area (Å²) in [5.74, 6) is 1.47. The first kappa shape index (κ1) is 22.1. The Morgan fingerprint density at radius 1 is 1.14 bits per heavy atom. The minimum absolute atomic E-state index is 0.173. The number of nitrogens with zero attached hydrogens (tertiary/aromatic N) is 1. The number of unbranched alkanes of at least 4 members (excludes halogenated alkanes) is 2. The lowest BCUT2D eigenvalue weighted by atomic mass is 9.89. The summed E-state index contributed by atoms with van der Waals surface area (Å²) < 4.78 is 0. The molecule has 1 aromatic rings. The van der Waals surface area contributed by atoms with E-state index in [1.165, 1.54) is 42.5 Å². The summed E-state index contributed by atoms with van der Waals surface area (Å²) in [6.07, 6.45) is 19.5. The van der Waals surface area contributed by atoms with Crippen LogP contribution in [0.25, 0.3) is 0 Å². The molecule has 0 spiro atoms. The van der Waals surface area contributed by atoms with Crippen molar-refractivity contribution in [2.45, 2.75) is 58.0 Å². The van der Waals surface area contributed by atoms with Crippen LogP contribution in [-0.2, 0) is 6.42 Å². The lowest BCUT2D eigenvalue weighted by Crippen LogP contribution is -2.16. The van der Waals surface area contributed by atoms with Gasteiger partial charge in [0.05, 0.1) is 6.10 Å². The second-order valence-electron chi connectivity index (χ2n) is 9.31. The van der Waals surface area contributed by atoms with Gasteiger partial charge in [0, 0.05) is 5.92 Å². The maximum Gasteiger partial charge on any atom is 0.0611 e. The van der Waals surface area contributed by atoms with Crippen molar-refractivity contribution in [2.24, 2.45) is 17.8 Å². The highest BCUT2D eigenvalue weighted by Gasteiger charge is 2.42. The van der Waals surface area contributed by atoms with E-state index in [0.29, 0.717) is 17.8 Å². The van der Waals surface area contributed by atoms with Gasteiger partial charge in [0.2, 0.25) is 0 Å². The molecule has 1 aromatic carbocycles. The monoisotopic (exact) mass is 393 g/mol. The summed E-state index contributed by atoms with van der Waals surface area (Å²) in [6, 6.07) is 8.77. The van der Waals surface area contributed by atoms with Crippen LogP contribution in [0.15, 0.2) is 60.2 Å². The van der Waals surface area contributed by atoms with Crippen molar-refractivity contribution in [3.63, 3.8) is 0 Å². The number of hydrogen-bond donors (Lipinski definition) is 1. The standard InChI is InChI=1S/C27H39NO/c1-21-11-10-14-22(17-21)12-7-8-15-25-26-19-23(18-24(26)20-27(25)29)13-6-4-5-9-16-28(2)3/h6,8,10-11,13-15,17-18,24-27,29H,4-5,7,9,12,16,19-20H2,1-3H3/b13-6-,15-8+/t24-,25+,26-,27+/m0/s1. The van der Waals surface area contributed by atoms with Gasteiger partial charge in [-0.1, -0.05) is 65.8 Å². The van der Waals surface area contributed by atoms with E-state index >= 15 is 0 Å². The maximum atomic E-state index is 10.5.